The van der Waals surface area contributed by atoms with E-state index in [0.29, 0.717) is 22.9 Å². The lowest BCUT2D eigenvalue weighted by Crippen LogP contribution is -2.57. The zero-order chi connectivity index (χ0) is 27.9. The molecule has 7 rings (SSSR count). The second-order valence-electron chi connectivity index (χ2n) is 16.4. The van der Waals surface area contributed by atoms with Crippen molar-refractivity contribution in [3.63, 3.8) is 0 Å². The summed E-state index contributed by atoms with van der Waals surface area (Å²) < 4.78 is 7.19. The molecule has 1 spiro atoms. The largest absolute Gasteiger partial charge is 0.393 e. The highest BCUT2D eigenvalue weighted by Crippen LogP contribution is 2.71. The summed E-state index contributed by atoms with van der Waals surface area (Å²) in [5, 5.41) is 15.1. The Kier molecular flexibility index (Phi) is 7.07. The summed E-state index contributed by atoms with van der Waals surface area (Å²) in [5.74, 6) is 5.63. The van der Waals surface area contributed by atoms with Crippen LogP contribution in [0.25, 0.3) is 0 Å². The summed E-state index contributed by atoms with van der Waals surface area (Å²) >= 11 is 0. The number of piperidine rings is 1. The Balaban J connectivity index is 0.990. The van der Waals surface area contributed by atoms with Crippen molar-refractivity contribution >= 4 is 6.03 Å². The standard InChI is InChI=1S/C34H57N3O3/c1-21-7-15-34(16-8-21)22(2)30-29(40-34)20-28-26-6-5-23-19-24(35-31(39)36-37-17-11-25(38)12-18-37)9-13-32(23,3)27(26)10-14-33(28,30)4/h21-30,38H,5-20H2,1-4H3,(H2,35,36,39)/t21?,22-,23+,24+,26+,27-,28-,29-,30-,32-,33-,34?/m0/s1. The van der Waals surface area contributed by atoms with Gasteiger partial charge in [0.2, 0.25) is 0 Å². The number of aliphatic hydroxyl groups is 1. The van der Waals surface area contributed by atoms with E-state index in [1.807, 2.05) is 5.01 Å². The zero-order valence-corrected chi connectivity index (χ0v) is 25.8. The third kappa shape index (κ3) is 4.39. The Morgan fingerprint density at radius 3 is 2.33 bits per heavy atom. The number of carbonyl (C=O) groups is 1. The number of carbonyl (C=O) groups excluding carboxylic acids is 1. The lowest BCUT2D eigenvalue weighted by molar-refractivity contribution is -0.128. The van der Waals surface area contributed by atoms with E-state index >= 15 is 0 Å². The normalized spacial score (nSPS) is 52.9. The van der Waals surface area contributed by atoms with Crippen LogP contribution in [0.3, 0.4) is 0 Å². The lowest BCUT2D eigenvalue weighted by Gasteiger charge is -2.61. The van der Waals surface area contributed by atoms with Crippen LogP contribution in [-0.2, 0) is 4.74 Å². The first-order valence-electron chi connectivity index (χ1n) is 17.3. The van der Waals surface area contributed by atoms with Gasteiger partial charge < -0.3 is 15.2 Å². The highest BCUT2D eigenvalue weighted by atomic mass is 16.5. The van der Waals surface area contributed by atoms with Gasteiger partial charge >= 0.3 is 6.03 Å². The maximum absolute atomic E-state index is 12.8. The summed E-state index contributed by atoms with van der Waals surface area (Å²) in [6, 6.07) is 0.234. The molecule has 0 radical (unpaired) electrons. The number of nitrogens with one attached hydrogen (secondary N) is 2. The Labute approximate surface area is 243 Å². The summed E-state index contributed by atoms with van der Waals surface area (Å²) in [6.45, 7) is 11.8. The number of ether oxygens (including phenoxy) is 1. The van der Waals surface area contributed by atoms with Gasteiger partial charge in [0, 0.05) is 19.1 Å². The van der Waals surface area contributed by atoms with Crippen molar-refractivity contribution in [1.29, 1.82) is 0 Å². The van der Waals surface area contributed by atoms with Crippen molar-refractivity contribution in [2.45, 2.75) is 141 Å². The number of hydrazine groups is 1. The predicted octanol–water partition coefficient (Wildman–Crippen LogP) is 6.28. The van der Waals surface area contributed by atoms with Gasteiger partial charge in [0.1, 0.15) is 0 Å². The van der Waals surface area contributed by atoms with Gasteiger partial charge in [-0.3, -0.25) is 5.43 Å². The minimum absolute atomic E-state index is 0.0519. The molecule has 0 aromatic rings. The minimum atomic E-state index is -0.220. The Bertz CT molecular complexity index is 958. The minimum Gasteiger partial charge on any atom is -0.393 e. The second-order valence-corrected chi connectivity index (χ2v) is 16.4. The molecule has 40 heavy (non-hydrogen) atoms. The first-order valence-corrected chi connectivity index (χ1v) is 17.3. The number of fused-ring (bicyclic) bond motifs is 7. The van der Waals surface area contributed by atoms with E-state index in [2.05, 4.69) is 38.4 Å². The summed E-state index contributed by atoms with van der Waals surface area (Å²) in [5.41, 5.74) is 4.12. The quantitative estimate of drug-likeness (QED) is 0.375. The van der Waals surface area contributed by atoms with Crippen LogP contribution in [0.5, 0.6) is 0 Å². The van der Waals surface area contributed by atoms with Crippen LogP contribution in [0, 0.1) is 52.3 Å². The topological polar surface area (TPSA) is 73.8 Å². The van der Waals surface area contributed by atoms with Crippen molar-refractivity contribution in [3.8, 4) is 0 Å². The van der Waals surface area contributed by atoms with Crippen molar-refractivity contribution in [2.24, 2.45) is 52.3 Å². The van der Waals surface area contributed by atoms with Crippen molar-refractivity contribution in [3.05, 3.63) is 0 Å². The molecule has 0 bridgehead atoms. The molecule has 0 aromatic carbocycles. The third-order valence-corrected chi connectivity index (χ3v) is 14.7. The molecule has 2 amide bonds. The molecule has 2 saturated heterocycles. The van der Waals surface area contributed by atoms with Crippen molar-refractivity contribution < 1.29 is 14.6 Å². The van der Waals surface area contributed by atoms with Gasteiger partial charge in [0.15, 0.2) is 0 Å². The highest BCUT2D eigenvalue weighted by Gasteiger charge is 2.68. The second kappa shape index (κ2) is 10.1. The van der Waals surface area contributed by atoms with Gasteiger partial charge in [-0.15, -0.1) is 0 Å². The van der Waals surface area contributed by atoms with Crippen LogP contribution in [0.1, 0.15) is 118 Å². The first kappa shape index (κ1) is 28.0. The van der Waals surface area contributed by atoms with Gasteiger partial charge in [-0.05, 0) is 142 Å². The van der Waals surface area contributed by atoms with Crippen LogP contribution in [0.2, 0.25) is 0 Å². The number of rotatable bonds is 2. The molecule has 5 aliphatic carbocycles. The zero-order valence-electron chi connectivity index (χ0n) is 25.8. The maximum atomic E-state index is 12.8. The summed E-state index contributed by atoms with van der Waals surface area (Å²) in [4.78, 5) is 12.8. The number of hydrogen-bond donors (Lipinski definition) is 3. The molecule has 3 N–H and O–H groups in total. The highest BCUT2D eigenvalue weighted by molar-refractivity contribution is 5.73. The maximum Gasteiger partial charge on any atom is 0.329 e. The van der Waals surface area contributed by atoms with E-state index in [9.17, 15) is 9.90 Å². The predicted molar refractivity (Wildman–Crippen MR) is 157 cm³/mol. The number of urea groups is 1. The van der Waals surface area contributed by atoms with E-state index in [-0.39, 0.29) is 23.8 Å². The molecule has 2 aliphatic heterocycles. The van der Waals surface area contributed by atoms with E-state index in [1.165, 1.54) is 64.2 Å². The smallest absolute Gasteiger partial charge is 0.329 e. The molecule has 7 fully saturated rings. The van der Waals surface area contributed by atoms with Gasteiger partial charge in [-0.25, -0.2) is 9.80 Å². The summed E-state index contributed by atoms with van der Waals surface area (Å²) in [6.07, 6.45) is 17.4. The average Bonchev–Trinajstić information content (AvgIpc) is 3.37. The Morgan fingerprint density at radius 1 is 0.850 bits per heavy atom. The molecule has 2 heterocycles. The van der Waals surface area contributed by atoms with Gasteiger partial charge in [0.05, 0.1) is 17.8 Å². The molecule has 5 saturated carbocycles. The molecule has 7 aliphatic rings. The van der Waals surface area contributed by atoms with Crippen molar-refractivity contribution in [1.82, 2.24) is 15.8 Å². The van der Waals surface area contributed by atoms with Crippen LogP contribution in [0.15, 0.2) is 0 Å². The number of nitrogens with zero attached hydrogens (tertiary/aromatic N) is 1. The fraction of sp³-hybridized carbons (Fsp3) is 0.971. The molecule has 226 valence electrons. The molecular formula is C34H57N3O3. The molecule has 6 nitrogen and oxygen atoms in total. The molecule has 0 unspecified atom stereocenters. The van der Waals surface area contributed by atoms with Gasteiger partial charge in [0.25, 0.3) is 0 Å². The van der Waals surface area contributed by atoms with E-state index in [4.69, 9.17) is 4.74 Å². The Morgan fingerprint density at radius 2 is 1.57 bits per heavy atom. The number of amides is 2. The fourth-order valence-corrected chi connectivity index (χ4v) is 12.3. The molecule has 6 heteroatoms. The van der Waals surface area contributed by atoms with E-state index < -0.39 is 0 Å². The molecule has 0 aromatic heterocycles. The first-order chi connectivity index (χ1) is 19.1. The lowest BCUT2D eigenvalue weighted by atomic mass is 9.44. The van der Waals surface area contributed by atoms with E-state index in [0.717, 1.165) is 74.3 Å². The monoisotopic (exact) mass is 555 g/mol. The fourth-order valence-electron chi connectivity index (χ4n) is 12.3. The van der Waals surface area contributed by atoms with Crippen LogP contribution in [0.4, 0.5) is 4.79 Å². The molecule has 10 atom stereocenters. The van der Waals surface area contributed by atoms with Gasteiger partial charge in [-0.2, -0.15) is 0 Å². The molecular weight excluding hydrogens is 498 g/mol. The Hall–Kier alpha value is -0.850. The van der Waals surface area contributed by atoms with Gasteiger partial charge in [-0.1, -0.05) is 27.7 Å². The number of aliphatic hydroxyl groups excluding tert-OH is 1. The number of hydrogen-bond acceptors (Lipinski definition) is 4. The van der Waals surface area contributed by atoms with Crippen LogP contribution >= 0.6 is 0 Å². The SMILES string of the molecule is CC1CCC2(CC1)O[C@H]1C[C@H]3[C@@H]4CC[C@@H]5C[C@H](NC(=O)NN6CCC(O)CC6)CC[C@]5(C)[C@H]4CC[C@]3(C)[C@H]1[C@@H]2C. The van der Waals surface area contributed by atoms with Crippen LogP contribution < -0.4 is 10.7 Å². The average molecular weight is 556 g/mol. The summed E-state index contributed by atoms with van der Waals surface area (Å²) in [7, 11) is 0. The third-order valence-electron chi connectivity index (χ3n) is 14.7. The van der Waals surface area contributed by atoms with E-state index in [1.54, 1.807) is 0 Å². The van der Waals surface area contributed by atoms with Crippen molar-refractivity contribution in [2.75, 3.05) is 13.1 Å². The van der Waals surface area contributed by atoms with Crippen LogP contribution in [-0.4, -0.2) is 53.1 Å².